The third-order valence-corrected chi connectivity index (χ3v) is 3.28. The Kier molecular flexibility index (Phi) is 5.11. The number of nitrogens with one attached hydrogen (secondary N) is 1. The van der Waals surface area contributed by atoms with Crippen molar-refractivity contribution in [3.05, 3.63) is 53.2 Å². The second kappa shape index (κ2) is 7.04. The normalized spacial score (nSPS) is 12.1. The highest BCUT2D eigenvalue weighted by Crippen LogP contribution is 2.13. The Morgan fingerprint density at radius 2 is 2.24 bits per heavy atom. The minimum absolute atomic E-state index is 0.00693. The number of amides is 1. The van der Waals surface area contributed by atoms with Crippen molar-refractivity contribution in [3.8, 4) is 0 Å². The van der Waals surface area contributed by atoms with E-state index in [0.717, 1.165) is 11.3 Å². The summed E-state index contributed by atoms with van der Waals surface area (Å²) in [6, 6.07) is 7.49. The number of rotatable bonds is 6. The average molecular weight is 288 g/mol. The van der Waals surface area contributed by atoms with Crippen LogP contribution in [0.1, 0.15) is 27.6 Å². The van der Waals surface area contributed by atoms with Crippen LogP contribution in [0, 0.1) is 19.8 Å². The fourth-order valence-corrected chi connectivity index (χ4v) is 2.20. The molecule has 1 atom stereocenters. The Labute approximate surface area is 124 Å². The topological polar surface area (TPSA) is 75.4 Å². The number of nitrogens with zero attached hydrogens (tertiary/aromatic N) is 1. The summed E-state index contributed by atoms with van der Waals surface area (Å²) in [6.07, 6.45) is 2.34. The SMILES string of the molecule is Cc1cc(C)c(C(=O)NCC(CO)Cc2ccccn2)o1. The van der Waals surface area contributed by atoms with E-state index in [1.54, 1.807) is 13.1 Å². The Morgan fingerprint density at radius 1 is 1.43 bits per heavy atom. The number of aliphatic hydroxyl groups excluding tert-OH is 1. The van der Waals surface area contributed by atoms with Crippen LogP contribution in [0.2, 0.25) is 0 Å². The van der Waals surface area contributed by atoms with E-state index in [1.165, 1.54) is 0 Å². The maximum Gasteiger partial charge on any atom is 0.287 e. The third-order valence-electron chi connectivity index (χ3n) is 3.28. The van der Waals surface area contributed by atoms with Crippen molar-refractivity contribution in [1.29, 1.82) is 0 Å². The van der Waals surface area contributed by atoms with Crippen LogP contribution in [0.5, 0.6) is 0 Å². The molecule has 5 nitrogen and oxygen atoms in total. The number of hydrogen-bond acceptors (Lipinski definition) is 4. The van der Waals surface area contributed by atoms with Crippen LogP contribution in [0.15, 0.2) is 34.9 Å². The summed E-state index contributed by atoms with van der Waals surface area (Å²) >= 11 is 0. The lowest BCUT2D eigenvalue weighted by Crippen LogP contribution is -2.32. The molecule has 5 heteroatoms. The number of carbonyl (C=O) groups excluding carboxylic acids is 1. The van der Waals surface area contributed by atoms with E-state index in [4.69, 9.17) is 4.42 Å². The minimum Gasteiger partial charge on any atom is -0.456 e. The molecule has 0 aliphatic carbocycles. The summed E-state index contributed by atoms with van der Waals surface area (Å²) < 4.78 is 5.37. The molecule has 2 heterocycles. The molecule has 0 fully saturated rings. The van der Waals surface area contributed by atoms with Crippen molar-refractivity contribution >= 4 is 5.91 Å². The lowest BCUT2D eigenvalue weighted by atomic mass is 10.0. The lowest BCUT2D eigenvalue weighted by molar-refractivity contribution is 0.0910. The van der Waals surface area contributed by atoms with Crippen LogP contribution in [-0.2, 0) is 6.42 Å². The minimum atomic E-state index is -0.250. The monoisotopic (exact) mass is 288 g/mol. The van der Waals surface area contributed by atoms with E-state index in [0.29, 0.717) is 24.5 Å². The summed E-state index contributed by atoms with van der Waals surface area (Å²) in [5.74, 6) is 0.729. The van der Waals surface area contributed by atoms with Crippen molar-refractivity contribution in [2.45, 2.75) is 20.3 Å². The molecule has 21 heavy (non-hydrogen) atoms. The van der Waals surface area contributed by atoms with Crippen LogP contribution < -0.4 is 5.32 Å². The first kappa shape index (κ1) is 15.3. The quantitative estimate of drug-likeness (QED) is 0.851. The maximum atomic E-state index is 12.0. The van der Waals surface area contributed by atoms with Gasteiger partial charge >= 0.3 is 0 Å². The molecule has 0 aromatic carbocycles. The van der Waals surface area contributed by atoms with Gasteiger partial charge in [-0.15, -0.1) is 0 Å². The van der Waals surface area contributed by atoms with Crippen LogP contribution in [-0.4, -0.2) is 29.1 Å². The molecular weight excluding hydrogens is 268 g/mol. The molecule has 0 aliphatic rings. The summed E-state index contributed by atoms with van der Waals surface area (Å²) in [6.45, 7) is 4.02. The fraction of sp³-hybridized carbons (Fsp3) is 0.375. The Balaban J connectivity index is 1.91. The Hall–Kier alpha value is -2.14. The van der Waals surface area contributed by atoms with Crippen molar-refractivity contribution in [2.24, 2.45) is 5.92 Å². The number of pyridine rings is 1. The van der Waals surface area contributed by atoms with Gasteiger partial charge < -0.3 is 14.8 Å². The molecule has 0 radical (unpaired) electrons. The van der Waals surface area contributed by atoms with E-state index in [9.17, 15) is 9.90 Å². The zero-order chi connectivity index (χ0) is 15.2. The predicted octanol–water partition coefficient (Wildman–Crippen LogP) is 1.87. The highest BCUT2D eigenvalue weighted by atomic mass is 16.3. The highest BCUT2D eigenvalue weighted by Gasteiger charge is 2.16. The number of hydrogen-bond donors (Lipinski definition) is 2. The van der Waals surface area contributed by atoms with E-state index < -0.39 is 0 Å². The molecular formula is C16H20N2O3. The molecule has 2 N–H and O–H groups in total. The van der Waals surface area contributed by atoms with Crippen LogP contribution in [0.3, 0.4) is 0 Å². The summed E-state index contributed by atoms with van der Waals surface area (Å²) in [7, 11) is 0. The molecule has 0 spiro atoms. The number of aromatic nitrogens is 1. The van der Waals surface area contributed by atoms with E-state index in [-0.39, 0.29) is 18.4 Å². The van der Waals surface area contributed by atoms with Gasteiger partial charge in [-0.3, -0.25) is 9.78 Å². The van der Waals surface area contributed by atoms with Gasteiger partial charge in [0.2, 0.25) is 0 Å². The molecule has 2 aromatic rings. The maximum absolute atomic E-state index is 12.0. The Morgan fingerprint density at radius 3 is 2.81 bits per heavy atom. The molecule has 0 saturated carbocycles. The van der Waals surface area contributed by atoms with E-state index in [1.807, 2.05) is 31.2 Å². The second-order valence-corrected chi connectivity index (χ2v) is 5.15. The van der Waals surface area contributed by atoms with Gasteiger partial charge in [-0.2, -0.15) is 0 Å². The van der Waals surface area contributed by atoms with Gasteiger partial charge in [0.1, 0.15) is 5.76 Å². The van der Waals surface area contributed by atoms with Crippen LogP contribution in [0.4, 0.5) is 0 Å². The number of aliphatic hydroxyl groups is 1. The van der Waals surface area contributed by atoms with Gasteiger partial charge in [0, 0.05) is 36.5 Å². The molecule has 1 amide bonds. The summed E-state index contributed by atoms with van der Waals surface area (Å²) in [5, 5.41) is 12.2. The van der Waals surface area contributed by atoms with Crippen LogP contribution in [0.25, 0.3) is 0 Å². The molecule has 0 saturated heterocycles. The highest BCUT2D eigenvalue weighted by molar-refractivity contribution is 5.92. The molecule has 0 bridgehead atoms. The zero-order valence-corrected chi connectivity index (χ0v) is 12.3. The number of carbonyl (C=O) groups is 1. The smallest absolute Gasteiger partial charge is 0.287 e. The first-order chi connectivity index (χ1) is 10.1. The van der Waals surface area contributed by atoms with Crippen molar-refractivity contribution in [1.82, 2.24) is 10.3 Å². The molecule has 112 valence electrons. The first-order valence-corrected chi connectivity index (χ1v) is 6.96. The molecule has 0 aliphatic heterocycles. The number of furan rings is 1. The van der Waals surface area contributed by atoms with Gasteiger partial charge in [0.15, 0.2) is 5.76 Å². The van der Waals surface area contributed by atoms with Crippen molar-refractivity contribution in [3.63, 3.8) is 0 Å². The molecule has 1 unspecified atom stereocenters. The summed E-state index contributed by atoms with van der Waals surface area (Å²) in [5.41, 5.74) is 1.71. The predicted molar refractivity (Wildman–Crippen MR) is 79.0 cm³/mol. The second-order valence-electron chi connectivity index (χ2n) is 5.15. The Bertz CT molecular complexity index is 593. The summed E-state index contributed by atoms with van der Waals surface area (Å²) in [4.78, 5) is 16.3. The van der Waals surface area contributed by atoms with Gasteiger partial charge in [-0.05, 0) is 38.5 Å². The largest absolute Gasteiger partial charge is 0.456 e. The average Bonchev–Trinajstić information content (AvgIpc) is 2.83. The third kappa shape index (κ3) is 4.16. The first-order valence-electron chi connectivity index (χ1n) is 6.96. The standard InChI is InChI=1S/C16H20N2O3/c1-11-7-12(2)21-15(11)16(20)18-9-13(10-19)8-14-5-3-4-6-17-14/h3-7,13,19H,8-10H2,1-2H3,(H,18,20). The van der Waals surface area contributed by atoms with E-state index >= 15 is 0 Å². The van der Waals surface area contributed by atoms with Crippen molar-refractivity contribution in [2.75, 3.05) is 13.2 Å². The van der Waals surface area contributed by atoms with Crippen LogP contribution >= 0.6 is 0 Å². The number of aryl methyl sites for hydroxylation is 2. The molecule has 2 aromatic heterocycles. The van der Waals surface area contributed by atoms with Gasteiger partial charge in [0.25, 0.3) is 5.91 Å². The van der Waals surface area contributed by atoms with Gasteiger partial charge in [-0.25, -0.2) is 0 Å². The van der Waals surface area contributed by atoms with E-state index in [2.05, 4.69) is 10.3 Å². The molecule has 2 rings (SSSR count). The van der Waals surface area contributed by atoms with Gasteiger partial charge in [-0.1, -0.05) is 6.07 Å². The fourth-order valence-electron chi connectivity index (χ4n) is 2.20. The lowest BCUT2D eigenvalue weighted by Gasteiger charge is -2.14. The zero-order valence-electron chi connectivity index (χ0n) is 12.3. The van der Waals surface area contributed by atoms with Gasteiger partial charge in [0.05, 0.1) is 0 Å². The van der Waals surface area contributed by atoms with Crippen molar-refractivity contribution < 1.29 is 14.3 Å².